The zero-order chi connectivity index (χ0) is 23.8. The van der Waals surface area contributed by atoms with Crippen LogP contribution in [0.4, 0.5) is 17.6 Å². The van der Waals surface area contributed by atoms with Crippen LogP contribution >= 0.6 is 0 Å². The highest BCUT2D eigenvalue weighted by Crippen LogP contribution is 2.32. The van der Waals surface area contributed by atoms with Crippen LogP contribution < -0.4 is 4.74 Å². The third-order valence-electron chi connectivity index (χ3n) is 4.33. The van der Waals surface area contributed by atoms with Crippen LogP contribution in [0.25, 0.3) is 11.3 Å². The summed E-state index contributed by atoms with van der Waals surface area (Å²) in [6, 6.07) is 10.7. The number of ether oxygens (including phenoxy) is 1. The minimum Gasteiger partial charge on any atom is -0.487 e. The van der Waals surface area contributed by atoms with Gasteiger partial charge in [0.1, 0.15) is 31.3 Å². The van der Waals surface area contributed by atoms with E-state index in [9.17, 15) is 22.4 Å². The molecule has 0 aliphatic rings. The van der Waals surface area contributed by atoms with Crippen LogP contribution in [0.2, 0.25) is 0 Å². The molecule has 1 N–H and O–H groups in total. The lowest BCUT2D eigenvalue weighted by atomic mass is 10.1. The Kier molecular flexibility index (Phi) is 7.65. The third-order valence-corrected chi connectivity index (χ3v) is 4.33. The number of hydrogen-bond donors (Lipinski definition) is 1. The molecule has 0 atom stereocenters. The Morgan fingerprint density at radius 3 is 2.61 bits per heavy atom. The molecular formula is C22H18F4N2O5. The van der Waals surface area contributed by atoms with E-state index < -0.39 is 24.4 Å². The smallest absolute Gasteiger partial charge is 0.416 e. The zero-order valence-electron chi connectivity index (χ0n) is 17.0. The lowest BCUT2D eigenvalue weighted by molar-refractivity contribution is -0.138. The molecule has 1 aromatic heterocycles. The minimum absolute atomic E-state index is 0.120. The van der Waals surface area contributed by atoms with E-state index in [1.54, 1.807) is 24.3 Å². The molecule has 3 rings (SSSR count). The molecule has 7 nitrogen and oxygen atoms in total. The van der Waals surface area contributed by atoms with E-state index in [2.05, 4.69) is 10.3 Å². The topological polar surface area (TPSA) is 94.2 Å². The molecule has 0 aliphatic carbocycles. The summed E-state index contributed by atoms with van der Waals surface area (Å²) < 4.78 is 61.8. The van der Waals surface area contributed by atoms with Crippen LogP contribution in [-0.2, 0) is 28.8 Å². The van der Waals surface area contributed by atoms with Gasteiger partial charge in [-0.3, -0.25) is 4.79 Å². The first-order valence-corrected chi connectivity index (χ1v) is 9.59. The fourth-order valence-electron chi connectivity index (χ4n) is 2.83. The quantitative estimate of drug-likeness (QED) is 0.198. The predicted octanol–water partition coefficient (Wildman–Crippen LogP) is 4.89. The summed E-state index contributed by atoms with van der Waals surface area (Å²) in [6.45, 7) is -1.15. The number of aliphatic carboxylic acids is 1. The van der Waals surface area contributed by atoms with Gasteiger partial charge in [-0.15, -0.1) is 0 Å². The van der Waals surface area contributed by atoms with E-state index in [1.165, 1.54) is 18.3 Å². The maximum atomic E-state index is 12.9. The molecule has 174 valence electrons. The molecule has 0 amide bonds. The highest BCUT2D eigenvalue weighted by Gasteiger charge is 2.30. The monoisotopic (exact) mass is 466 g/mol. The van der Waals surface area contributed by atoms with Crippen molar-refractivity contribution in [3.05, 3.63) is 70.9 Å². The van der Waals surface area contributed by atoms with Crippen molar-refractivity contribution in [1.82, 2.24) is 5.16 Å². The van der Waals surface area contributed by atoms with Crippen molar-refractivity contribution in [2.75, 3.05) is 13.3 Å². The van der Waals surface area contributed by atoms with Gasteiger partial charge in [-0.25, -0.2) is 4.39 Å². The first kappa shape index (κ1) is 23.8. The number of benzene rings is 2. The molecule has 0 saturated heterocycles. The van der Waals surface area contributed by atoms with Crippen LogP contribution in [0, 0.1) is 0 Å². The van der Waals surface area contributed by atoms with Crippen LogP contribution in [0.15, 0.2) is 58.2 Å². The van der Waals surface area contributed by atoms with Crippen LogP contribution in [0.3, 0.4) is 0 Å². The number of carboxylic acids is 1. The Labute approximate surface area is 185 Å². The molecular weight excluding hydrogens is 448 g/mol. The molecule has 0 spiro atoms. The fourth-order valence-corrected chi connectivity index (χ4v) is 2.83. The summed E-state index contributed by atoms with van der Waals surface area (Å²) in [7, 11) is 0. The zero-order valence-corrected chi connectivity index (χ0v) is 17.0. The molecule has 0 bridgehead atoms. The van der Waals surface area contributed by atoms with Gasteiger partial charge in [0.05, 0.1) is 23.8 Å². The summed E-state index contributed by atoms with van der Waals surface area (Å²) in [4.78, 5) is 15.7. The molecule has 0 aliphatic heterocycles. The van der Waals surface area contributed by atoms with E-state index in [1.807, 2.05) is 0 Å². The third kappa shape index (κ3) is 6.55. The normalized spacial score (nSPS) is 11.6. The van der Waals surface area contributed by atoms with Crippen molar-refractivity contribution in [1.29, 1.82) is 0 Å². The van der Waals surface area contributed by atoms with Gasteiger partial charge in [-0.05, 0) is 29.8 Å². The predicted molar refractivity (Wildman–Crippen MR) is 109 cm³/mol. The summed E-state index contributed by atoms with van der Waals surface area (Å²) >= 11 is 0. The molecule has 2 aromatic carbocycles. The average Bonchev–Trinajstić information content (AvgIpc) is 3.17. The molecule has 0 fully saturated rings. The van der Waals surface area contributed by atoms with Crippen molar-refractivity contribution < 1.29 is 41.6 Å². The lowest BCUT2D eigenvalue weighted by Crippen LogP contribution is -2.04. The molecule has 0 unspecified atom stereocenters. The number of rotatable bonds is 10. The van der Waals surface area contributed by atoms with Crippen LogP contribution in [-0.4, -0.2) is 35.7 Å². The Hall–Kier alpha value is -3.89. The maximum Gasteiger partial charge on any atom is 0.416 e. The van der Waals surface area contributed by atoms with Crippen molar-refractivity contribution in [2.45, 2.75) is 19.2 Å². The van der Waals surface area contributed by atoms with E-state index in [0.29, 0.717) is 16.9 Å². The van der Waals surface area contributed by atoms with Gasteiger partial charge in [-0.2, -0.15) is 13.2 Å². The summed E-state index contributed by atoms with van der Waals surface area (Å²) in [6.07, 6.45) is -3.46. The largest absolute Gasteiger partial charge is 0.487 e. The van der Waals surface area contributed by atoms with Crippen molar-refractivity contribution in [2.24, 2.45) is 5.16 Å². The number of hydrogen-bond acceptors (Lipinski definition) is 6. The highest BCUT2D eigenvalue weighted by molar-refractivity contribution is 5.89. The molecule has 0 saturated carbocycles. The first-order chi connectivity index (χ1) is 15.8. The summed E-state index contributed by atoms with van der Waals surface area (Å²) in [5, 5.41) is 16.5. The molecule has 0 radical (unpaired) electrons. The maximum absolute atomic E-state index is 12.9. The highest BCUT2D eigenvalue weighted by atomic mass is 19.4. The van der Waals surface area contributed by atoms with Crippen molar-refractivity contribution in [3.63, 3.8) is 0 Å². The van der Waals surface area contributed by atoms with Gasteiger partial charge in [0.2, 0.25) is 0 Å². The molecule has 1 heterocycles. The SMILES string of the molecule is O=C(O)Cc1cccc(OCc2noc(-c3ccc(C(F)(F)F)cc3)c2C=NOCCF)c1. The second kappa shape index (κ2) is 10.6. The van der Waals surface area contributed by atoms with Crippen LogP contribution in [0.1, 0.15) is 22.4 Å². The lowest BCUT2D eigenvalue weighted by Gasteiger charge is -2.07. The van der Waals surface area contributed by atoms with Gasteiger partial charge in [0.15, 0.2) is 5.76 Å². The van der Waals surface area contributed by atoms with Gasteiger partial charge >= 0.3 is 12.1 Å². The van der Waals surface area contributed by atoms with Crippen molar-refractivity contribution >= 4 is 12.2 Å². The number of oxime groups is 1. The minimum atomic E-state index is -4.49. The fraction of sp³-hybridized carbons (Fsp3) is 0.227. The Balaban J connectivity index is 1.85. The summed E-state index contributed by atoms with van der Waals surface area (Å²) in [5.74, 6) is -0.490. The molecule has 11 heteroatoms. The Morgan fingerprint density at radius 2 is 1.94 bits per heavy atom. The van der Waals surface area contributed by atoms with Gasteiger partial charge in [-0.1, -0.05) is 34.6 Å². The van der Waals surface area contributed by atoms with E-state index in [0.717, 1.165) is 12.1 Å². The first-order valence-electron chi connectivity index (χ1n) is 9.59. The van der Waals surface area contributed by atoms with Crippen LogP contribution in [0.5, 0.6) is 5.75 Å². The Morgan fingerprint density at radius 1 is 1.18 bits per heavy atom. The van der Waals surface area contributed by atoms with Gasteiger partial charge < -0.3 is 19.2 Å². The number of carboxylic acid groups (broad SMARTS) is 1. The molecule has 33 heavy (non-hydrogen) atoms. The molecule has 3 aromatic rings. The number of carbonyl (C=O) groups is 1. The second-order valence-electron chi connectivity index (χ2n) is 6.71. The van der Waals surface area contributed by atoms with E-state index >= 15 is 0 Å². The number of halogens is 4. The average molecular weight is 466 g/mol. The van der Waals surface area contributed by atoms with Gasteiger partial charge in [0.25, 0.3) is 0 Å². The van der Waals surface area contributed by atoms with Gasteiger partial charge in [0, 0.05) is 5.56 Å². The second-order valence-corrected chi connectivity index (χ2v) is 6.71. The Bertz CT molecular complexity index is 1110. The number of nitrogens with zero attached hydrogens (tertiary/aromatic N) is 2. The number of alkyl halides is 4. The number of aromatic nitrogens is 1. The standard InChI is InChI=1S/C22H18F4N2O5/c23-8-9-32-27-12-18-19(13-31-17-3-1-2-14(10-17)11-20(29)30)28-33-21(18)15-4-6-16(7-5-15)22(24,25)26/h1-7,10,12H,8-9,11,13H2,(H,29,30). The summed E-state index contributed by atoms with van der Waals surface area (Å²) in [5.41, 5.74) is 0.539. The van der Waals surface area contributed by atoms with E-state index in [-0.39, 0.29) is 36.7 Å². The van der Waals surface area contributed by atoms with Crippen molar-refractivity contribution in [3.8, 4) is 17.1 Å². The van der Waals surface area contributed by atoms with E-state index in [4.69, 9.17) is 19.2 Å².